The molecular weight excluding hydrogens is 442 g/mol. The van der Waals surface area contributed by atoms with Gasteiger partial charge in [0.1, 0.15) is 10.7 Å². The van der Waals surface area contributed by atoms with Crippen LogP contribution in [-0.2, 0) is 0 Å². The minimum Gasteiger partial charge on any atom is -0.493 e. The summed E-state index contributed by atoms with van der Waals surface area (Å²) in [7, 11) is 3.22. The molecule has 32 heavy (non-hydrogen) atoms. The monoisotopic (exact) mass is 465 g/mol. The molecule has 0 aliphatic carbocycles. The summed E-state index contributed by atoms with van der Waals surface area (Å²) in [6.45, 7) is 1.44. The summed E-state index contributed by atoms with van der Waals surface area (Å²) in [5.74, 6) is 1.56. The number of thiazole rings is 2. The van der Waals surface area contributed by atoms with Crippen LogP contribution < -0.4 is 9.47 Å². The number of carbonyl (C=O) groups is 1. The van der Waals surface area contributed by atoms with E-state index in [9.17, 15) is 4.79 Å². The second kappa shape index (κ2) is 8.88. The van der Waals surface area contributed by atoms with Gasteiger partial charge in [0.25, 0.3) is 5.91 Å². The van der Waals surface area contributed by atoms with E-state index in [1.807, 2.05) is 46.7 Å². The molecule has 164 valence electrons. The van der Waals surface area contributed by atoms with Crippen LogP contribution in [-0.4, -0.2) is 48.1 Å². The molecule has 1 unspecified atom stereocenters. The van der Waals surface area contributed by atoms with E-state index in [1.54, 1.807) is 25.6 Å². The van der Waals surface area contributed by atoms with Crippen LogP contribution in [0.3, 0.4) is 0 Å². The number of benzene rings is 2. The summed E-state index contributed by atoms with van der Waals surface area (Å²) < 4.78 is 11.9. The number of methoxy groups -OCH3 is 2. The summed E-state index contributed by atoms with van der Waals surface area (Å²) in [4.78, 5) is 24.6. The lowest BCUT2D eigenvalue weighted by molar-refractivity contribution is 0.0702. The van der Waals surface area contributed by atoms with Gasteiger partial charge in [-0.3, -0.25) is 4.79 Å². The molecule has 6 nitrogen and oxygen atoms in total. The van der Waals surface area contributed by atoms with Crippen LogP contribution in [0.15, 0.2) is 47.8 Å². The number of amides is 1. The normalized spacial score (nSPS) is 16.3. The van der Waals surface area contributed by atoms with Gasteiger partial charge in [-0.2, -0.15) is 0 Å². The first kappa shape index (κ1) is 20.9. The molecule has 0 spiro atoms. The van der Waals surface area contributed by atoms with Crippen LogP contribution in [0.25, 0.3) is 20.8 Å². The van der Waals surface area contributed by atoms with Crippen molar-refractivity contribution in [1.82, 2.24) is 14.9 Å². The van der Waals surface area contributed by atoms with Crippen molar-refractivity contribution < 1.29 is 14.3 Å². The van der Waals surface area contributed by atoms with E-state index in [0.717, 1.165) is 40.5 Å². The van der Waals surface area contributed by atoms with Crippen LogP contribution in [0.1, 0.15) is 34.3 Å². The van der Waals surface area contributed by atoms with Crippen molar-refractivity contribution in [2.75, 3.05) is 27.3 Å². The Labute approximate surface area is 194 Å². The number of hydrogen-bond acceptors (Lipinski definition) is 7. The third kappa shape index (κ3) is 3.96. The Hall–Kier alpha value is -2.97. The molecule has 1 aliphatic heterocycles. The van der Waals surface area contributed by atoms with Crippen LogP contribution in [0.5, 0.6) is 11.5 Å². The Morgan fingerprint density at radius 3 is 2.75 bits per heavy atom. The van der Waals surface area contributed by atoms with Gasteiger partial charge in [0.05, 0.1) is 29.4 Å². The molecule has 1 atom stereocenters. The first-order valence-corrected chi connectivity index (χ1v) is 12.2. The fraction of sp³-hybridized carbons (Fsp3) is 0.292. The molecule has 2 aromatic carbocycles. The minimum absolute atomic E-state index is 0.0150. The minimum atomic E-state index is -0.0150. The first-order chi connectivity index (χ1) is 15.7. The maximum atomic E-state index is 13.2. The van der Waals surface area contributed by atoms with E-state index >= 15 is 0 Å². The number of carbonyl (C=O) groups excluding carboxylic acids is 1. The standard InChI is InChI=1S/C24H23N3O3S2/c1-29-19-10-9-15(12-20(19)30-2)22-26-18(14-31-22)24(28)27-11-5-6-16(13-27)23-25-17-7-3-4-8-21(17)32-23/h3-4,7-10,12,14,16H,5-6,11,13H2,1-2H3. The number of ether oxygens (including phenoxy) is 2. The lowest BCUT2D eigenvalue weighted by Gasteiger charge is -2.31. The molecule has 1 amide bonds. The van der Waals surface area contributed by atoms with Crippen molar-refractivity contribution in [3.05, 3.63) is 58.5 Å². The highest BCUT2D eigenvalue weighted by Crippen LogP contribution is 2.35. The number of aromatic nitrogens is 2. The molecule has 8 heteroatoms. The number of nitrogens with zero attached hydrogens (tertiary/aromatic N) is 3. The summed E-state index contributed by atoms with van der Waals surface area (Å²) in [6, 6.07) is 13.9. The smallest absolute Gasteiger partial charge is 0.273 e. The topological polar surface area (TPSA) is 64.5 Å². The van der Waals surface area contributed by atoms with Crippen LogP contribution >= 0.6 is 22.7 Å². The number of rotatable bonds is 5. The lowest BCUT2D eigenvalue weighted by Crippen LogP contribution is -2.39. The van der Waals surface area contributed by atoms with E-state index in [4.69, 9.17) is 14.5 Å². The molecule has 3 heterocycles. The lowest BCUT2D eigenvalue weighted by atomic mass is 9.98. The van der Waals surface area contributed by atoms with Crippen LogP contribution in [0, 0.1) is 0 Å². The summed E-state index contributed by atoms with van der Waals surface area (Å²) in [6.07, 6.45) is 2.02. The number of fused-ring (bicyclic) bond motifs is 1. The maximum Gasteiger partial charge on any atom is 0.273 e. The molecule has 4 aromatic rings. The van der Waals surface area contributed by atoms with Gasteiger partial charge < -0.3 is 14.4 Å². The predicted octanol–water partition coefficient (Wildman–Crippen LogP) is 5.46. The van der Waals surface area contributed by atoms with E-state index in [2.05, 4.69) is 11.1 Å². The average molecular weight is 466 g/mol. The summed E-state index contributed by atoms with van der Waals surface area (Å²) >= 11 is 3.20. The maximum absolute atomic E-state index is 13.2. The third-order valence-electron chi connectivity index (χ3n) is 5.72. The first-order valence-electron chi connectivity index (χ1n) is 10.5. The Morgan fingerprint density at radius 1 is 1.09 bits per heavy atom. The van der Waals surface area contributed by atoms with Gasteiger partial charge >= 0.3 is 0 Å². The molecule has 2 aromatic heterocycles. The van der Waals surface area contributed by atoms with Crippen molar-refractivity contribution >= 4 is 38.8 Å². The number of hydrogen-bond donors (Lipinski definition) is 0. The van der Waals surface area contributed by atoms with Crippen molar-refractivity contribution in [2.45, 2.75) is 18.8 Å². The zero-order valence-corrected chi connectivity index (χ0v) is 19.5. The molecule has 0 N–H and O–H groups in total. The zero-order valence-electron chi connectivity index (χ0n) is 17.9. The largest absolute Gasteiger partial charge is 0.493 e. The van der Waals surface area contributed by atoms with Gasteiger partial charge in [0.15, 0.2) is 11.5 Å². The van der Waals surface area contributed by atoms with Crippen molar-refractivity contribution in [2.24, 2.45) is 0 Å². The van der Waals surface area contributed by atoms with E-state index in [0.29, 0.717) is 23.7 Å². The quantitative estimate of drug-likeness (QED) is 0.392. The molecule has 1 fully saturated rings. The molecule has 0 radical (unpaired) electrons. The summed E-state index contributed by atoms with van der Waals surface area (Å²) in [5.41, 5.74) is 2.43. The molecule has 1 aliphatic rings. The number of para-hydroxylation sites is 1. The predicted molar refractivity (Wildman–Crippen MR) is 128 cm³/mol. The Balaban J connectivity index is 1.34. The second-order valence-electron chi connectivity index (χ2n) is 7.72. The molecular formula is C24H23N3O3S2. The fourth-order valence-corrected chi connectivity index (χ4v) is 5.95. The zero-order chi connectivity index (χ0) is 22.1. The highest BCUT2D eigenvalue weighted by molar-refractivity contribution is 7.18. The number of piperidine rings is 1. The second-order valence-corrected chi connectivity index (χ2v) is 9.64. The van der Waals surface area contributed by atoms with E-state index < -0.39 is 0 Å². The fourth-order valence-electron chi connectivity index (χ4n) is 4.06. The van der Waals surface area contributed by atoms with Crippen LogP contribution in [0.2, 0.25) is 0 Å². The van der Waals surface area contributed by atoms with Crippen molar-refractivity contribution in [1.29, 1.82) is 0 Å². The van der Waals surface area contributed by atoms with Gasteiger partial charge in [0, 0.05) is 30.0 Å². The average Bonchev–Trinajstić information content (AvgIpc) is 3.51. The van der Waals surface area contributed by atoms with Crippen LogP contribution in [0.4, 0.5) is 0 Å². The Bertz CT molecular complexity index is 1230. The Morgan fingerprint density at radius 2 is 1.94 bits per heavy atom. The molecule has 5 rings (SSSR count). The Kier molecular flexibility index (Phi) is 5.80. The van der Waals surface area contributed by atoms with Crippen molar-refractivity contribution in [3.63, 3.8) is 0 Å². The third-order valence-corrected chi connectivity index (χ3v) is 7.81. The molecule has 0 saturated carbocycles. The van der Waals surface area contributed by atoms with Gasteiger partial charge in [-0.1, -0.05) is 12.1 Å². The van der Waals surface area contributed by atoms with Gasteiger partial charge in [0.2, 0.25) is 0 Å². The highest BCUT2D eigenvalue weighted by atomic mass is 32.1. The SMILES string of the molecule is COc1ccc(-c2nc(C(=O)N3CCCC(c4nc5ccccc5s4)C3)cs2)cc1OC. The van der Waals surface area contributed by atoms with E-state index in [1.165, 1.54) is 16.0 Å². The van der Waals surface area contributed by atoms with E-state index in [-0.39, 0.29) is 11.8 Å². The molecule has 0 bridgehead atoms. The summed E-state index contributed by atoms with van der Waals surface area (Å²) in [5, 5.41) is 3.75. The van der Waals surface area contributed by atoms with Gasteiger partial charge in [-0.05, 0) is 43.2 Å². The molecule has 1 saturated heterocycles. The van der Waals surface area contributed by atoms with Crippen molar-refractivity contribution in [3.8, 4) is 22.1 Å². The number of likely N-dealkylation sites (tertiary alicyclic amines) is 1. The highest BCUT2D eigenvalue weighted by Gasteiger charge is 2.28. The van der Waals surface area contributed by atoms with Gasteiger partial charge in [-0.15, -0.1) is 22.7 Å². The van der Waals surface area contributed by atoms with Gasteiger partial charge in [-0.25, -0.2) is 9.97 Å².